The highest BCUT2D eigenvalue weighted by Gasteiger charge is 2.37. The second kappa shape index (κ2) is 4.02. The minimum atomic E-state index is 0.0857. The van der Waals surface area contributed by atoms with Gasteiger partial charge in [0.25, 0.3) is 0 Å². The Morgan fingerprint density at radius 1 is 1.12 bits per heavy atom. The Morgan fingerprint density at radius 3 is 2.41 bits per heavy atom. The van der Waals surface area contributed by atoms with E-state index in [1.807, 2.05) is 6.07 Å². The zero-order chi connectivity index (χ0) is 11.9. The average molecular weight is 231 g/mol. The molecule has 2 aliphatic carbocycles. The van der Waals surface area contributed by atoms with Gasteiger partial charge in [0.15, 0.2) is 0 Å². The van der Waals surface area contributed by atoms with Gasteiger partial charge in [0, 0.05) is 5.54 Å². The van der Waals surface area contributed by atoms with Crippen LogP contribution in [-0.2, 0) is 19.3 Å². The molecule has 1 aromatic carbocycles. The standard InChI is InChI=1S/C15H21NO/c16-15(7-8-15)6-5-13-9-11-3-1-2-4-12(11)10-14(13)17/h9-10,17H,1-8,16H2. The third-order valence-electron chi connectivity index (χ3n) is 4.33. The highest BCUT2D eigenvalue weighted by Crippen LogP contribution is 2.38. The molecule has 92 valence electrons. The van der Waals surface area contributed by atoms with E-state index in [1.165, 1.54) is 30.4 Å². The highest BCUT2D eigenvalue weighted by molar-refractivity contribution is 5.43. The Labute approximate surface area is 103 Å². The fourth-order valence-electron chi connectivity index (χ4n) is 2.82. The second-order valence-electron chi connectivity index (χ2n) is 5.82. The van der Waals surface area contributed by atoms with Gasteiger partial charge in [-0.05, 0) is 74.1 Å². The van der Waals surface area contributed by atoms with Crippen LogP contribution >= 0.6 is 0 Å². The smallest absolute Gasteiger partial charge is 0.119 e. The van der Waals surface area contributed by atoms with Crippen molar-refractivity contribution in [2.75, 3.05) is 0 Å². The number of rotatable bonds is 3. The van der Waals surface area contributed by atoms with Gasteiger partial charge in [0.05, 0.1) is 0 Å². The van der Waals surface area contributed by atoms with Crippen molar-refractivity contribution >= 4 is 0 Å². The minimum Gasteiger partial charge on any atom is -0.508 e. The molecule has 0 bridgehead atoms. The number of nitrogens with two attached hydrogens (primary N) is 1. The summed E-state index contributed by atoms with van der Waals surface area (Å²) in [6.07, 6.45) is 9.10. The summed E-state index contributed by atoms with van der Waals surface area (Å²) in [4.78, 5) is 0. The molecule has 0 aliphatic heterocycles. The zero-order valence-corrected chi connectivity index (χ0v) is 10.3. The Balaban J connectivity index is 1.78. The molecule has 1 fully saturated rings. The minimum absolute atomic E-state index is 0.0857. The van der Waals surface area contributed by atoms with Gasteiger partial charge in [-0.1, -0.05) is 6.07 Å². The van der Waals surface area contributed by atoms with E-state index < -0.39 is 0 Å². The van der Waals surface area contributed by atoms with E-state index in [1.54, 1.807) is 0 Å². The van der Waals surface area contributed by atoms with E-state index in [0.29, 0.717) is 5.75 Å². The molecule has 0 saturated heterocycles. The van der Waals surface area contributed by atoms with Crippen LogP contribution in [-0.4, -0.2) is 10.6 Å². The molecule has 1 saturated carbocycles. The Bertz CT molecular complexity index is 435. The van der Waals surface area contributed by atoms with Crippen LogP contribution in [0.2, 0.25) is 0 Å². The number of fused-ring (bicyclic) bond motifs is 1. The van der Waals surface area contributed by atoms with Gasteiger partial charge in [-0.15, -0.1) is 0 Å². The largest absolute Gasteiger partial charge is 0.508 e. The van der Waals surface area contributed by atoms with E-state index in [2.05, 4.69) is 6.07 Å². The molecule has 0 atom stereocenters. The number of phenols is 1. The van der Waals surface area contributed by atoms with Crippen molar-refractivity contribution in [2.45, 2.75) is 56.9 Å². The first-order chi connectivity index (χ1) is 8.16. The van der Waals surface area contributed by atoms with Gasteiger partial charge in [-0.25, -0.2) is 0 Å². The molecule has 2 nitrogen and oxygen atoms in total. The molecule has 0 unspecified atom stereocenters. The summed E-state index contributed by atoms with van der Waals surface area (Å²) in [7, 11) is 0. The topological polar surface area (TPSA) is 46.2 Å². The van der Waals surface area contributed by atoms with E-state index in [9.17, 15) is 5.11 Å². The van der Waals surface area contributed by atoms with Crippen molar-refractivity contribution in [3.63, 3.8) is 0 Å². The maximum absolute atomic E-state index is 10.0. The molecule has 3 rings (SSSR count). The fraction of sp³-hybridized carbons (Fsp3) is 0.600. The number of hydrogen-bond donors (Lipinski definition) is 2. The van der Waals surface area contributed by atoms with Crippen molar-refractivity contribution in [3.05, 3.63) is 28.8 Å². The van der Waals surface area contributed by atoms with E-state index in [0.717, 1.165) is 37.7 Å². The number of phenolic OH excluding ortho intramolecular Hbond substituents is 1. The maximum Gasteiger partial charge on any atom is 0.119 e. The van der Waals surface area contributed by atoms with Gasteiger partial charge < -0.3 is 10.8 Å². The molecule has 0 aromatic heterocycles. The summed E-state index contributed by atoms with van der Waals surface area (Å²) in [5.41, 5.74) is 10.1. The normalized spacial score (nSPS) is 21.0. The van der Waals surface area contributed by atoms with Crippen LogP contribution in [0.25, 0.3) is 0 Å². The summed E-state index contributed by atoms with van der Waals surface area (Å²) >= 11 is 0. The molecule has 0 amide bonds. The molecule has 0 heterocycles. The number of aryl methyl sites for hydroxylation is 3. The lowest BCUT2D eigenvalue weighted by atomic mass is 9.89. The van der Waals surface area contributed by atoms with Crippen molar-refractivity contribution in [1.82, 2.24) is 0 Å². The Hall–Kier alpha value is -1.02. The molecular weight excluding hydrogens is 210 g/mol. The zero-order valence-electron chi connectivity index (χ0n) is 10.3. The average Bonchev–Trinajstić information content (AvgIpc) is 3.05. The van der Waals surface area contributed by atoms with Crippen molar-refractivity contribution < 1.29 is 5.11 Å². The summed E-state index contributed by atoms with van der Waals surface area (Å²) in [5, 5.41) is 10.0. The SMILES string of the molecule is NC1(CCc2cc3c(cc2O)CCCC3)CC1. The van der Waals surface area contributed by atoms with Gasteiger partial charge in [0.1, 0.15) is 5.75 Å². The first-order valence-corrected chi connectivity index (χ1v) is 6.79. The van der Waals surface area contributed by atoms with Crippen LogP contribution < -0.4 is 5.73 Å². The van der Waals surface area contributed by atoms with Crippen molar-refractivity contribution in [2.24, 2.45) is 5.73 Å². The number of benzene rings is 1. The second-order valence-corrected chi connectivity index (χ2v) is 5.82. The fourth-order valence-corrected chi connectivity index (χ4v) is 2.82. The van der Waals surface area contributed by atoms with Gasteiger partial charge in [-0.3, -0.25) is 0 Å². The Morgan fingerprint density at radius 2 is 1.76 bits per heavy atom. The quantitative estimate of drug-likeness (QED) is 0.840. The van der Waals surface area contributed by atoms with Crippen LogP contribution in [0.1, 0.15) is 48.8 Å². The van der Waals surface area contributed by atoms with Gasteiger partial charge >= 0.3 is 0 Å². The van der Waals surface area contributed by atoms with Crippen LogP contribution in [0.4, 0.5) is 0 Å². The van der Waals surface area contributed by atoms with E-state index in [4.69, 9.17) is 5.73 Å². The first kappa shape index (κ1) is 11.1. The first-order valence-electron chi connectivity index (χ1n) is 6.79. The van der Waals surface area contributed by atoms with Crippen LogP contribution in [0, 0.1) is 0 Å². The maximum atomic E-state index is 10.0. The summed E-state index contributed by atoms with van der Waals surface area (Å²) in [6.45, 7) is 0. The van der Waals surface area contributed by atoms with E-state index in [-0.39, 0.29) is 5.54 Å². The summed E-state index contributed by atoms with van der Waals surface area (Å²) < 4.78 is 0. The predicted molar refractivity (Wildman–Crippen MR) is 69.2 cm³/mol. The highest BCUT2D eigenvalue weighted by atomic mass is 16.3. The van der Waals surface area contributed by atoms with Crippen LogP contribution in [0.15, 0.2) is 12.1 Å². The van der Waals surface area contributed by atoms with Gasteiger partial charge in [0.2, 0.25) is 0 Å². The summed E-state index contributed by atoms with van der Waals surface area (Å²) in [5.74, 6) is 0.481. The number of aromatic hydroxyl groups is 1. The molecule has 1 aromatic rings. The molecule has 0 radical (unpaired) electrons. The van der Waals surface area contributed by atoms with Crippen molar-refractivity contribution in [1.29, 1.82) is 0 Å². The van der Waals surface area contributed by atoms with Crippen LogP contribution in [0.5, 0.6) is 5.75 Å². The monoisotopic (exact) mass is 231 g/mol. The van der Waals surface area contributed by atoms with Crippen molar-refractivity contribution in [3.8, 4) is 5.75 Å². The lowest BCUT2D eigenvalue weighted by Crippen LogP contribution is -2.22. The summed E-state index contributed by atoms with van der Waals surface area (Å²) in [6, 6.07) is 4.20. The molecule has 17 heavy (non-hydrogen) atoms. The number of hydrogen-bond acceptors (Lipinski definition) is 2. The molecule has 2 heteroatoms. The third kappa shape index (κ3) is 2.32. The molecular formula is C15H21NO. The third-order valence-corrected chi connectivity index (χ3v) is 4.33. The lowest BCUT2D eigenvalue weighted by Gasteiger charge is -2.18. The lowest BCUT2D eigenvalue weighted by molar-refractivity contribution is 0.462. The van der Waals surface area contributed by atoms with E-state index >= 15 is 0 Å². The molecule has 3 N–H and O–H groups in total. The Kier molecular flexibility index (Phi) is 2.62. The van der Waals surface area contributed by atoms with Crippen LogP contribution in [0.3, 0.4) is 0 Å². The molecule has 0 spiro atoms. The molecule has 2 aliphatic rings. The predicted octanol–water partition coefficient (Wildman–Crippen LogP) is 2.69. The van der Waals surface area contributed by atoms with Gasteiger partial charge in [-0.2, -0.15) is 0 Å².